The summed E-state index contributed by atoms with van der Waals surface area (Å²) in [4.78, 5) is 0. The van der Waals surface area contributed by atoms with Crippen molar-refractivity contribution in [1.29, 1.82) is 0 Å². The van der Waals surface area contributed by atoms with E-state index in [1.165, 1.54) is 11.1 Å². The molecule has 0 atom stereocenters. The van der Waals surface area contributed by atoms with Crippen LogP contribution in [-0.4, -0.2) is 19.3 Å². The zero-order valence-corrected chi connectivity index (χ0v) is 14.2. The van der Waals surface area contributed by atoms with Crippen LogP contribution < -0.4 is 5.73 Å². The van der Waals surface area contributed by atoms with Crippen molar-refractivity contribution in [3.8, 4) is 0 Å². The van der Waals surface area contributed by atoms with Crippen molar-refractivity contribution in [3.05, 3.63) is 77.9 Å². The highest BCUT2D eigenvalue weighted by atomic mass is 16.5. The zero-order chi connectivity index (χ0) is 16.7. The Labute approximate surface area is 145 Å². The molecular weight excluding hydrogens is 294 g/mol. The van der Waals surface area contributed by atoms with Crippen molar-refractivity contribution >= 4 is 6.08 Å². The maximum Gasteiger partial charge on any atom is 0.0654 e. The van der Waals surface area contributed by atoms with E-state index in [1.807, 2.05) is 6.07 Å². The molecule has 3 rings (SSSR count). The third kappa shape index (κ3) is 4.14. The van der Waals surface area contributed by atoms with Gasteiger partial charge in [0.25, 0.3) is 0 Å². The summed E-state index contributed by atoms with van der Waals surface area (Å²) in [6.07, 6.45) is 8.99. The lowest BCUT2D eigenvalue weighted by molar-refractivity contribution is 0.0290. The first-order valence-corrected chi connectivity index (χ1v) is 8.91. The first-order chi connectivity index (χ1) is 11.8. The minimum atomic E-state index is 0.140. The molecule has 1 aliphatic rings. The van der Waals surface area contributed by atoms with Gasteiger partial charge in [0.1, 0.15) is 0 Å². The molecule has 1 aliphatic carbocycles. The summed E-state index contributed by atoms with van der Waals surface area (Å²) in [6, 6.07) is 21.1. The van der Waals surface area contributed by atoms with Crippen molar-refractivity contribution in [2.24, 2.45) is 5.73 Å². The molecule has 0 radical (unpaired) electrons. The molecule has 2 nitrogen and oxygen atoms in total. The largest absolute Gasteiger partial charge is 0.374 e. The van der Waals surface area contributed by atoms with Gasteiger partial charge in [-0.15, -0.1) is 0 Å². The molecule has 0 saturated heterocycles. The molecule has 0 bridgehead atoms. The van der Waals surface area contributed by atoms with E-state index in [0.717, 1.165) is 32.2 Å². The van der Waals surface area contributed by atoms with Crippen LogP contribution in [0.4, 0.5) is 0 Å². The molecule has 0 unspecified atom stereocenters. The average molecular weight is 321 g/mol. The second-order valence-corrected chi connectivity index (χ2v) is 6.70. The van der Waals surface area contributed by atoms with Crippen LogP contribution in [0.3, 0.4) is 0 Å². The average Bonchev–Trinajstić information content (AvgIpc) is 2.67. The lowest BCUT2D eigenvalue weighted by Gasteiger charge is -2.39. The Morgan fingerprint density at radius 3 is 2.21 bits per heavy atom. The van der Waals surface area contributed by atoms with Crippen molar-refractivity contribution in [2.75, 3.05) is 13.2 Å². The third-order valence-corrected chi connectivity index (χ3v) is 5.20. The van der Waals surface area contributed by atoms with Gasteiger partial charge in [-0.3, -0.25) is 0 Å². The van der Waals surface area contributed by atoms with E-state index < -0.39 is 0 Å². The maximum absolute atomic E-state index is 6.15. The summed E-state index contributed by atoms with van der Waals surface area (Å²) in [5.74, 6) is 0. The molecule has 24 heavy (non-hydrogen) atoms. The van der Waals surface area contributed by atoms with Gasteiger partial charge in [-0.1, -0.05) is 72.8 Å². The number of rotatable bonds is 6. The van der Waals surface area contributed by atoms with E-state index in [2.05, 4.69) is 66.7 Å². The predicted octanol–water partition coefficient (Wildman–Crippen LogP) is 4.56. The van der Waals surface area contributed by atoms with Gasteiger partial charge in [0.2, 0.25) is 0 Å². The van der Waals surface area contributed by atoms with E-state index in [4.69, 9.17) is 10.5 Å². The summed E-state index contributed by atoms with van der Waals surface area (Å²) in [7, 11) is 0. The standard InChI is InChI=1S/C22H27NO/c23-18-22(20-11-5-2-6-12-20)15-13-21(14-16-22)24-17-7-10-19-8-3-1-4-9-19/h1-12,21H,13-18,23H2/b10-7+. The molecule has 1 saturated carbocycles. The molecule has 0 heterocycles. The van der Waals surface area contributed by atoms with Crippen LogP contribution in [0.15, 0.2) is 66.7 Å². The highest BCUT2D eigenvalue weighted by Crippen LogP contribution is 2.39. The Morgan fingerprint density at radius 1 is 0.958 bits per heavy atom. The number of benzene rings is 2. The molecule has 0 spiro atoms. The minimum Gasteiger partial charge on any atom is -0.374 e. The molecular formula is C22H27NO. The SMILES string of the molecule is NCC1(c2ccccc2)CCC(OC/C=C/c2ccccc2)CC1. The Morgan fingerprint density at radius 2 is 1.58 bits per heavy atom. The second-order valence-electron chi connectivity index (χ2n) is 6.70. The van der Waals surface area contributed by atoms with E-state index in [9.17, 15) is 0 Å². The van der Waals surface area contributed by atoms with Crippen LogP contribution in [0.5, 0.6) is 0 Å². The number of nitrogens with two attached hydrogens (primary N) is 1. The third-order valence-electron chi connectivity index (χ3n) is 5.20. The highest BCUT2D eigenvalue weighted by Gasteiger charge is 2.35. The van der Waals surface area contributed by atoms with Gasteiger partial charge in [-0.25, -0.2) is 0 Å². The van der Waals surface area contributed by atoms with Crippen molar-refractivity contribution < 1.29 is 4.74 Å². The monoisotopic (exact) mass is 321 g/mol. The Kier molecular flexibility index (Phi) is 5.84. The lowest BCUT2D eigenvalue weighted by Crippen LogP contribution is -2.40. The normalized spacial score (nSPS) is 24.3. The predicted molar refractivity (Wildman–Crippen MR) is 101 cm³/mol. The molecule has 126 valence electrons. The fraction of sp³-hybridized carbons (Fsp3) is 0.364. The summed E-state index contributed by atoms with van der Waals surface area (Å²) >= 11 is 0. The Bertz CT molecular complexity index is 628. The summed E-state index contributed by atoms with van der Waals surface area (Å²) < 4.78 is 6.05. The van der Waals surface area contributed by atoms with Crippen LogP contribution in [0.2, 0.25) is 0 Å². The van der Waals surface area contributed by atoms with Crippen molar-refractivity contribution in [1.82, 2.24) is 0 Å². The van der Waals surface area contributed by atoms with Crippen molar-refractivity contribution in [2.45, 2.75) is 37.2 Å². The van der Waals surface area contributed by atoms with Gasteiger partial charge in [0.15, 0.2) is 0 Å². The topological polar surface area (TPSA) is 35.2 Å². The van der Waals surface area contributed by atoms with E-state index in [-0.39, 0.29) is 5.41 Å². The van der Waals surface area contributed by atoms with Crippen LogP contribution in [0.1, 0.15) is 36.8 Å². The molecule has 0 aliphatic heterocycles. The zero-order valence-electron chi connectivity index (χ0n) is 14.2. The summed E-state index contributed by atoms with van der Waals surface area (Å²) in [6.45, 7) is 1.40. The van der Waals surface area contributed by atoms with Crippen LogP contribution in [0.25, 0.3) is 6.08 Å². The molecule has 2 aromatic carbocycles. The van der Waals surface area contributed by atoms with Gasteiger partial charge in [0, 0.05) is 12.0 Å². The smallest absolute Gasteiger partial charge is 0.0654 e. The molecule has 0 aromatic heterocycles. The first kappa shape index (κ1) is 16.9. The van der Waals surface area contributed by atoms with Crippen molar-refractivity contribution in [3.63, 3.8) is 0 Å². The van der Waals surface area contributed by atoms with Crippen LogP contribution >= 0.6 is 0 Å². The van der Waals surface area contributed by atoms with Gasteiger partial charge < -0.3 is 10.5 Å². The van der Waals surface area contributed by atoms with E-state index in [1.54, 1.807) is 0 Å². The first-order valence-electron chi connectivity index (χ1n) is 8.91. The van der Waals surface area contributed by atoms with Crippen LogP contribution in [-0.2, 0) is 10.2 Å². The molecule has 2 heteroatoms. The summed E-state index contributed by atoms with van der Waals surface area (Å²) in [5.41, 5.74) is 8.89. The van der Waals surface area contributed by atoms with E-state index in [0.29, 0.717) is 12.7 Å². The Hall–Kier alpha value is -1.90. The van der Waals surface area contributed by atoms with E-state index >= 15 is 0 Å². The molecule has 0 amide bonds. The quantitative estimate of drug-likeness (QED) is 0.847. The molecule has 1 fully saturated rings. The number of ether oxygens (including phenoxy) is 1. The maximum atomic E-state index is 6.15. The number of hydrogen-bond donors (Lipinski definition) is 1. The molecule has 2 N–H and O–H groups in total. The highest BCUT2D eigenvalue weighted by molar-refractivity contribution is 5.48. The Balaban J connectivity index is 1.49. The van der Waals surface area contributed by atoms with Gasteiger partial charge in [-0.05, 0) is 36.8 Å². The number of hydrogen-bond acceptors (Lipinski definition) is 2. The van der Waals surface area contributed by atoms with Gasteiger partial charge in [0.05, 0.1) is 12.7 Å². The van der Waals surface area contributed by atoms with Crippen LogP contribution in [0, 0.1) is 0 Å². The lowest BCUT2D eigenvalue weighted by atomic mass is 9.69. The van der Waals surface area contributed by atoms with Gasteiger partial charge >= 0.3 is 0 Å². The van der Waals surface area contributed by atoms with Gasteiger partial charge in [-0.2, -0.15) is 0 Å². The minimum absolute atomic E-state index is 0.140. The second kappa shape index (κ2) is 8.27. The molecule has 2 aromatic rings. The fourth-order valence-electron chi connectivity index (χ4n) is 3.65. The fourth-order valence-corrected chi connectivity index (χ4v) is 3.65. The summed E-state index contributed by atoms with van der Waals surface area (Å²) in [5, 5.41) is 0.